The van der Waals surface area contributed by atoms with E-state index >= 15 is 0 Å². The van der Waals surface area contributed by atoms with Crippen LogP contribution >= 0.6 is 0 Å². The molecule has 0 radical (unpaired) electrons. The summed E-state index contributed by atoms with van der Waals surface area (Å²) in [5, 5.41) is 2.47. The van der Waals surface area contributed by atoms with Gasteiger partial charge in [0.25, 0.3) is 5.91 Å². The molecular weight excluding hydrogens is 276 g/mol. The molecule has 2 aromatic heterocycles. The van der Waals surface area contributed by atoms with Crippen molar-refractivity contribution in [2.45, 2.75) is 6.92 Å². The van der Waals surface area contributed by atoms with Gasteiger partial charge in [0.05, 0.1) is 11.4 Å². The van der Waals surface area contributed by atoms with E-state index in [1.165, 1.54) is 40.9 Å². The Morgan fingerprint density at radius 2 is 1.95 bits per heavy atom. The molecule has 0 aliphatic carbocycles. The third kappa shape index (κ3) is 2.35. The lowest BCUT2D eigenvalue weighted by Gasteiger charge is -2.07. The predicted octanol–water partition coefficient (Wildman–Crippen LogP) is 3.17. The molecule has 1 amide bonds. The van der Waals surface area contributed by atoms with Gasteiger partial charge in [-0.25, -0.2) is 13.8 Å². The molecule has 0 fully saturated rings. The molecule has 1 N–H and O–H groups in total. The zero-order valence-electron chi connectivity index (χ0n) is 11.1. The Hall–Kier alpha value is -2.76. The van der Waals surface area contributed by atoms with Crippen molar-refractivity contribution in [1.82, 2.24) is 9.38 Å². The summed E-state index contributed by atoms with van der Waals surface area (Å²) < 4.78 is 28.3. The van der Waals surface area contributed by atoms with Gasteiger partial charge in [-0.3, -0.25) is 9.20 Å². The molecule has 21 heavy (non-hydrogen) atoms. The molecule has 6 heteroatoms. The van der Waals surface area contributed by atoms with Crippen LogP contribution in [-0.4, -0.2) is 15.3 Å². The van der Waals surface area contributed by atoms with E-state index in [9.17, 15) is 13.6 Å². The summed E-state index contributed by atoms with van der Waals surface area (Å²) in [5.74, 6) is -1.57. The number of aromatic nitrogens is 2. The molecule has 2 heterocycles. The summed E-state index contributed by atoms with van der Waals surface area (Å²) in [6.45, 7) is 1.64. The summed E-state index contributed by atoms with van der Waals surface area (Å²) in [4.78, 5) is 16.5. The summed E-state index contributed by atoms with van der Waals surface area (Å²) >= 11 is 0. The van der Waals surface area contributed by atoms with E-state index in [1.807, 2.05) is 0 Å². The predicted molar refractivity (Wildman–Crippen MR) is 74.2 cm³/mol. The molecule has 3 aromatic rings. The molecule has 0 saturated heterocycles. The van der Waals surface area contributed by atoms with Crippen molar-refractivity contribution in [2.24, 2.45) is 0 Å². The van der Waals surface area contributed by atoms with Crippen molar-refractivity contribution in [3.8, 4) is 0 Å². The van der Waals surface area contributed by atoms with Crippen molar-refractivity contribution in [2.75, 3.05) is 5.32 Å². The topological polar surface area (TPSA) is 46.4 Å². The van der Waals surface area contributed by atoms with Crippen molar-refractivity contribution in [1.29, 1.82) is 0 Å². The molecule has 0 aliphatic heterocycles. The van der Waals surface area contributed by atoms with Crippen LogP contribution in [0.25, 0.3) is 5.65 Å². The van der Waals surface area contributed by atoms with Gasteiger partial charge in [-0.1, -0.05) is 12.1 Å². The van der Waals surface area contributed by atoms with E-state index in [2.05, 4.69) is 10.3 Å². The van der Waals surface area contributed by atoms with Crippen LogP contribution in [0.1, 0.15) is 16.2 Å². The Balaban J connectivity index is 2.04. The highest BCUT2D eigenvalue weighted by atomic mass is 19.1. The zero-order chi connectivity index (χ0) is 15.0. The third-order valence-electron chi connectivity index (χ3n) is 3.09. The first kappa shape index (κ1) is 13.2. The number of imidazole rings is 1. The van der Waals surface area contributed by atoms with Gasteiger partial charge in [0.2, 0.25) is 0 Å². The van der Waals surface area contributed by atoms with Crippen molar-refractivity contribution in [3.63, 3.8) is 0 Å². The number of aryl methyl sites for hydroxylation is 1. The van der Waals surface area contributed by atoms with Gasteiger partial charge in [0.1, 0.15) is 23.0 Å². The minimum Gasteiger partial charge on any atom is -0.318 e. The lowest BCUT2D eigenvalue weighted by atomic mass is 10.2. The number of pyridine rings is 1. The van der Waals surface area contributed by atoms with Gasteiger partial charge in [-0.15, -0.1) is 0 Å². The van der Waals surface area contributed by atoms with E-state index in [4.69, 9.17) is 0 Å². The fourth-order valence-corrected chi connectivity index (χ4v) is 2.15. The number of rotatable bonds is 2. The van der Waals surface area contributed by atoms with E-state index in [1.54, 1.807) is 13.0 Å². The van der Waals surface area contributed by atoms with Crippen molar-refractivity contribution in [3.05, 3.63) is 65.6 Å². The standard InChI is InChI=1S/C15H11F2N3O/c1-9-14(20-8-10(16)6-7-13(20)18-9)15(21)19-12-5-3-2-4-11(12)17/h2-8H,1H3,(H,19,21). The number of carbonyl (C=O) groups is 1. The molecule has 0 aliphatic rings. The van der Waals surface area contributed by atoms with Crippen LogP contribution in [0, 0.1) is 18.6 Å². The third-order valence-corrected chi connectivity index (χ3v) is 3.09. The lowest BCUT2D eigenvalue weighted by Crippen LogP contribution is -2.16. The molecule has 106 valence electrons. The number of hydrogen-bond acceptors (Lipinski definition) is 2. The highest BCUT2D eigenvalue weighted by Gasteiger charge is 2.18. The van der Waals surface area contributed by atoms with Gasteiger partial charge in [-0.05, 0) is 31.2 Å². The summed E-state index contributed by atoms with van der Waals surface area (Å²) in [5.41, 5.74) is 1.13. The molecular formula is C15H11F2N3O. The number of nitrogens with zero attached hydrogens (tertiary/aromatic N) is 2. The summed E-state index contributed by atoms with van der Waals surface area (Å²) in [7, 11) is 0. The maximum absolute atomic E-state index is 13.6. The van der Waals surface area contributed by atoms with Crippen LogP contribution < -0.4 is 5.32 Å². The average Bonchev–Trinajstić information content (AvgIpc) is 2.76. The fourth-order valence-electron chi connectivity index (χ4n) is 2.15. The Labute approximate surface area is 119 Å². The molecule has 4 nitrogen and oxygen atoms in total. The Bertz CT molecular complexity index is 842. The van der Waals surface area contributed by atoms with Gasteiger partial charge < -0.3 is 5.32 Å². The van der Waals surface area contributed by atoms with E-state index in [-0.39, 0.29) is 11.4 Å². The number of halogens is 2. The number of amides is 1. The van der Waals surface area contributed by atoms with E-state index < -0.39 is 17.5 Å². The minimum atomic E-state index is -0.546. The lowest BCUT2D eigenvalue weighted by molar-refractivity contribution is 0.102. The molecule has 0 spiro atoms. The number of nitrogens with one attached hydrogen (secondary N) is 1. The smallest absolute Gasteiger partial charge is 0.274 e. The van der Waals surface area contributed by atoms with E-state index in [0.29, 0.717) is 11.3 Å². The van der Waals surface area contributed by atoms with Crippen LogP contribution in [0.2, 0.25) is 0 Å². The maximum Gasteiger partial charge on any atom is 0.274 e. The molecule has 1 aromatic carbocycles. The molecule has 0 saturated carbocycles. The maximum atomic E-state index is 13.6. The normalized spacial score (nSPS) is 10.8. The Morgan fingerprint density at radius 3 is 2.71 bits per heavy atom. The van der Waals surface area contributed by atoms with Crippen LogP contribution in [0.4, 0.5) is 14.5 Å². The largest absolute Gasteiger partial charge is 0.318 e. The van der Waals surface area contributed by atoms with Crippen molar-refractivity contribution < 1.29 is 13.6 Å². The number of benzene rings is 1. The first-order valence-corrected chi connectivity index (χ1v) is 6.26. The van der Waals surface area contributed by atoms with Gasteiger partial charge >= 0.3 is 0 Å². The van der Waals surface area contributed by atoms with Crippen LogP contribution in [0.15, 0.2) is 42.6 Å². The highest BCUT2D eigenvalue weighted by Crippen LogP contribution is 2.17. The summed E-state index contributed by atoms with van der Waals surface area (Å²) in [6, 6.07) is 8.57. The number of fused-ring (bicyclic) bond motifs is 1. The van der Waals surface area contributed by atoms with Gasteiger partial charge in [0, 0.05) is 6.20 Å². The molecule has 0 atom stereocenters. The monoisotopic (exact) mass is 287 g/mol. The number of hydrogen-bond donors (Lipinski definition) is 1. The quantitative estimate of drug-likeness (QED) is 0.787. The van der Waals surface area contributed by atoms with Crippen LogP contribution in [-0.2, 0) is 0 Å². The first-order valence-electron chi connectivity index (χ1n) is 6.26. The highest BCUT2D eigenvalue weighted by molar-refractivity contribution is 6.04. The Kier molecular flexibility index (Phi) is 3.13. The molecule has 0 unspecified atom stereocenters. The minimum absolute atomic E-state index is 0.0632. The van der Waals surface area contributed by atoms with Gasteiger partial charge in [0.15, 0.2) is 0 Å². The van der Waals surface area contributed by atoms with Crippen molar-refractivity contribution >= 4 is 17.2 Å². The molecule has 0 bridgehead atoms. The second-order valence-electron chi connectivity index (χ2n) is 4.56. The average molecular weight is 287 g/mol. The fraction of sp³-hybridized carbons (Fsp3) is 0.0667. The zero-order valence-corrected chi connectivity index (χ0v) is 11.1. The van der Waals surface area contributed by atoms with Crippen LogP contribution in [0.5, 0.6) is 0 Å². The SMILES string of the molecule is Cc1nc2ccc(F)cn2c1C(=O)Nc1ccccc1F. The number of anilines is 1. The Morgan fingerprint density at radius 1 is 1.19 bits per heavy atom. The number of para-hydroxylation sites is 1. The second-order valence-corrected chi connectivity index (χ2v) is 4.56. The number of carbonyl (C=O) groups excluding carboxylic acids is 1. The second kappa shape index (κ2) is 4.97. The summed E-state index contributed by atoms with van der Waals surface area (Å²) in [6.07, 6.45) is 1.17. The van der Waals surface area contributed by atoms with E-state index in [0.717, 1.165) is 0 Å². The van der Waals surface area contributed by atoms with Gasteiger partial charge in [-0.2, -0.15) is 0 Å². The first-order chi connectivity index (χ1) is 10.1. The molecule has 3 rings (SSSR count). The van der Waals surface area contributed by atoms with Crippen LogP contribution in [0.3, 0.4) is 0 Å².